The van der Waals surface area contributed by atoms with Gasteiger partial charge in [0.2, 0.25) is 0 Å². The molecule has 1 aromatic carbocycles. The van der Waals surface area contributed by atoms with Gasteiger partial charge in [-0.2, -0.15) is 0 Å². The van der Waals surface area contributed by atoms with Crippen LogP contribution in [0, 0.1) is 5.82 Å². The maximum Gasteiger partial charge on any atom is 0.409 e. The van der Waals surface area contributed by atoms with E-state index in [4.69, 9.17) is 9.84 Å². The summed E-state index contributed by atoms with van der Waals surface area (Å²) in [4.78, 5) is 10.2. The largest absolute Gasteiger partial charge is 0.491 e. The fourth-order valence-electron chi connectivity index (χ4n) is 0.975. The van der Waals surface area contributed by atoms with Crippen LogP contribution in [0.25, 0.3) is 0 Å². The van der Waals surface area contributed by atoms with E-state index in [1.807, 2.05) is 5.32 Å². The summed E-state index contributed by atoms with van der Waals surface area (Å²) in [5.41, 5.74) is 0.179. The van der Waals surface area contributed by atoms with Crippen molar-refractivity contribution in [2.24, 2.45) is 0 Å². The van der Waals surface area contributed by atoms with Gasteiger partial charge in [0.05, 0.1) is 6.61 Å². The van der Waals surface area contributed by atoms with E-state index >= 15 is 0 Å². The Kier molecular flexibility index (Phi) is 3.28. The summed E-state index contributed by atoms with van der Waals surface area (Å²) in [5, 5.41) is 10.4. The second-order valence-corrected chi connectivity index (χ2v) is 2.51. The fourth-order valence-corrected chi connectivity index (χ4v) is 0.975. The van der Waals surface area contributed by atoms with Crippen molar-refractivity contribution in [3.05, 3.63) is 24.0 Å². The van der Waals surface area contributed by atoms with Crippen LogP contribution in [0.15, 0.2) is 18.2 Å². The van der Waals surface area contributed by atoms with Gasteiger partial charge in [-0.25, -0.2) is 9.18 Å². The van der Waals surface area contributed by atoms with Crippen molar-refractivity contribution < 1.29 is 19.0 Å². The van der Waals surface area contributed by atoms with E-state index in [-0.39, 0.29) is 11.4 Å². The quantitative estimate of drug-likeness (QED) is 0.785. The van der Waals surface area contributed by atoms with Crippen LogP contribution in [0.1, 0.15) is 6.92 Å². The molecule has 0 atom stereocenters. The number of benzene rings is 1. The molecule has 0 saturated carbocycles. The van der Waals surface area contributed by atoms with Gasteiger partial charge in [-0.05, 0) is 19.1 Å². The minimum absolute atomic E-state index is 0.114. The molecule has 1 rings (SSSR count). The van der Waals surface area contributed by atoms with Gasteiger partial charge in [0.25, 0.3) is 0 Å². The summed E-state index contributed by atoms with van der Waals surface area (Å²) in [6, 6.07) is 3.88. The van der Waals surface area contributed by atoms with Gasteiger partial charge in [-0.1, -0.05) is 0 Å². The van der Waals surface area contributed by atoms with Gasteiger partial charge in [0.15, 0.2) is 11.6 Å². The van der Waals surface area contributed by atoms with Crippen molar-refractivity contribution in [2.45, 2.75) is 6.92 Å². The number of carboxylic acid groups (broad SMARTS) is 1. The molecule has 4 nitrogen and oxygen atoms in total. The minimum atomic E-state index is -1.23. The number of amides is 1. The van der Waals surface area contributed by atoms with Crippen molar-refractivity contribution in [2.75, 3.05) is 11.9 Å². The number of rotatable bonds is 3. The fraction of sp³-hybridized carbons (Fsp3) is 0.222. The molecule has 5 heteroatoms. The molecule has 76 valence electrons. The summed E-state index contributed by atoms with van der Waals surface area (Å²) in [6.45, 7) is 2.10. The summed E-state index contributed by atoms with van der Waals surface area (Å²) in [6.07, 6.45) is -1.23. The average Bonchev–Trinajstić information content (AvgIpc) is 2.09. The van der Waals surface area contributed by atoms with E-state index in [1.165, 1.54) is 12.1 Å². The van der Waals surface area contributed by atoms with Gasteiger partial charge in [-0.15, -0.1) is 0 Å². The second-order valence-electron chi connectivity index (χ2n) is 2.51. The first-order chi connectivity index (χ1) is 6.63. The van der Waals surface area contributed by atoms with Gasteiger partial charge in [0, 0.05) is 11.8 Å². The highest BCUT2D eigenvalue weighted by atomic mass is 19.1. The number of hydrogen-bond donors (Lipinski definition) is 2. The normalized spacial score (nSPS) is 9.57. The molecule has 14 heavy (non-hydrogen) atoms. The van der Waals surface area contributed by atoms with E-state index in [0.717, 1.165) is 6.07 Å². The third-order valence-corrected chi connectivity index (χ3v) is 1.48. The zero-order valence-corrected chi connectivity index (χ0v) is 7.58. The lowest BCUT2D eigenvalue weighted by atomic mass is 10.3. The molecule has 2 N–H and O–H groups in total. The summed E-state index contributed by atoms with van der Waals surface area (Å²) in [7, 11) is 0. The summed E-state index contributed by atoms with van der Waals surface area (Å²) >= 11 is 0. The Bertz CT molecular complexity index is 341. The zero-order valence-electron chi connectivity index (χ0n) is 7.58. The Morgan fingerprint density at radius 3 is 2.86 bits per heavy atom. The van der Waals surface area contributed by atoms with Crippen LogP contribution in [0.5, 0.6) is 5.75 Å². The van der Waals surface area contributed by atoms with Gasteiger partial charge < -0.3 is 9.84 Å². The number of hydrogen-bond acceptors (Lipinski definition) is 2. The highest BCUT2D eigenvalue weighted by Gasteiger charge is 2.05. The third-order valence-electron chi connectivity index (χ3n) is 1.48. The molecule has 0 aromatic heterocycles. The van der Waals surface area contributed by atoms with Crippen molar-refractivity contribution >= 4 is 11.8 Å². The molecule has 0 radical (unpaired) electrons. The molecule has 1 aromatic rings. The van der Waals surface area contributed by atoms with Crippen molar-refractivity contribution in [3.63, 3.8) is 0 Å². The Morgan fingerprint density at radius 1 is 1.64 bits per heavy atom. The van der Waals surface area contributed by atoms with Crippen LogP contribution >= 0.6 is 0 Å². The number of halogens is 1. The molecule has 0 unspecified atom stereocenters. The number of carbonyl (C=O) groups is 1. The molecular weight excluding hydrogens is 189 g/mol. The molecule has 0 saturated heterocycles. The maximum atomic E-state index is 13.1. The zero-order chi connectivity index (χ0) is 10.6. The summed E-state index contributed by atoms with van der Waals surface area (Å²) < 4.78 is 18.1. The van der Waals surface area contributed by atoms with Gasteiger partial charge in [-0.3, -0.25) is 5.32 Å². The smallest absolute Gasteiger partial charge is 0.409 e. The molecule has 0 heterocycles. The number of ether oxygens (including phenoxy) is 1. The highest BCUT2D eigenvalue weighted by molar-refractivity contribution is 5.82. The monoisotopic (exact) mass is 199 g/mol. The predicted molar refractivity (Wildman–Crippen MR) is 49.2 cm³/mol. The molecule has 0 aliphatic rings. The highest BCUT2D eigenvalue weighted by Crippen LogP contribution is 2.20. The topological polar surface area (TPSA) is 58.6 Å². The Balaban J connectivity index is 2.83. The molecule has 0 aliphatic carbocycles. The van der Waals surface area contributed by atoms with E-state index in [0.29, 0.717) is 6.61 Å². The number of nitrogens with one attached hydrogen (secondary N) is 1. The minimum Gasteiger partial charge on any atom is -0.491 e. The van der Waals surface area contributed by atoms with Crippen LogP contribution in [0.4, 0.5) is 14.9 Å². The van der Waals surface area contributed by atoms with Crippen LogP contribution in [-0.4, -0.2) is 17.8 Å². The van der Waals surface area contributed by atoms with Crippen molar-refractivity contribution in [1.82, 2.24) is 0 Å². The molecular formula is C9H10FNO3. The first-order valence-corrected chi connectivity index (χ1v) is 4.05. The van der Waals surface area contributed by atoms with Gasteiger partial charge in [0.1, 0.15) is 0 Å². The Hall–Kier alpha value is -1.78. The first-order valence-electron chi connectivity index (χ1n) is 4.05. The van der Waals surface area contributed by atoms with Crippen LogP contribution in [0.3, 0.4) is 0 Å². The predicted octanol–water partition coefficient (Wildman–Crippen LogP) is 2.31. The lowest BCUT2D eigenvalue weighted by Crippen LogP contribution is -2.07. The standard InChI is InChI=1S/C9H10FNO3/c1-2-14-8-4-3-6(5-7(8)10)11-9(12)13/h3-5,11H,2H2,1H3,(H,12,13). The van der Waals surface area contributed by atoms with E-state index in [2.05, 4.69) is 0 Å². The van der Waals surface area contributed by atoms with Crippen molar-refractivity contribution in [1.29, 1.82) is 0 Å². The number of anilines is 1. The Morgan fingerprint density at radius 2 is 2.36 bits per heavy atom. The van der Waals surface area contributed by atoms with Crippen LogP contribution in [0.2, 0.25) is 0 Å². The second kappa shape index (κ2) is 4.45. The van der Waals surface area contributed by atoms with Gasteiger partial charge >= 0.3 is 6.09 Å². The lowest BCUT2D eigenvalue weighted by Gasteiger charge is -2.06. The molecule has 0 aliphatic heterocycles. The average molecular weight is 199 g/mol. The third kappa shape index (κ3) is 2.62. The molecule has 0 spiro atoms. The SMILES string of the molecule is CCOc1ccc(NC(=O)O)cc1F. The van der Waals surface area contributed by atoms with E-state index < -0.39 is 11.9 Å². The lowest BCUT2D eigenvalue weighted by molar-refractivity contribution is 0.209. The van der Waals surface area contributed by atoms with E-state index in [1.54, 1.807) is 6.92 Å². The summed E-state index contributed by atoms with van der Waals surface area (Å²) in [5.74, 6) is -0.471. The van der Waals surface area contributed by atoms with Crippen molar-refractivity contribution in [3.8, 4) is 5.75 Å². The Labute approximate surface area is 80.3 Å². The molecule has 0 bridgehead atoms. The van der Waals surface area contributed by atoms with Crippen LogP contribution in [-0.2, 0) is 0 Å². The first kappa shape index (κ1) is 10.3. The molecule has 0 fully saturated rings. The maximum absolute atomic E-state index is 13.1. The van der Waals surface area contributed by atoms with E-state index in [9.17, 15) is 9.18 Å². The van der Waals surface area contributed by atoms with Crippen LogP contribution < -0.4 is 10.1 Å². The molecule has 1 amide bonds.